The molecule has 0 amide bonds. The first-order valence-electron chi connectivity index (χ1n) is 12.0. The second-order valence-corrected chi connectivity index (χ2v) is 9.50. The van der Waals surface area contributed by atoms with Gasteiger partial charge >= 0.3 is 0 Å². The largest absolute Gasteiger partial charge is 0.423 e. The van der Waals surface area contributed by atoms with Gasteiger partial charge in [-0.05, 0) is 76.4 Å². The second-order valence-electron chi connectivity index (χ2n) is 9.50. The van der Waals surface area contributed by atoms with E-state index in [1.165, 1.54) is 44.8 Å². The fourth-order valence-corrected chi connectivity index (χ4v) is 5.36. The second kappa shape index (κ2) is 8.09. The van der Waals surface area contributed by atoms with Crippen molar-refractivity contribution >= 4 is 22.8 Å². The Morgan fingerprint density at radius 2 is 1.85 bits per heavy atom. The summed E-state index contributed by atoms with van der Waals surface area (Å²) in [4.78, 5) is 13.8. The predicted octanol–water partition coefficient (Wildman–Crippen LogP) is 4.75. The third kappa shape index (κ3) is 3.76. The summed E-state index contributed by atoms with van der Waals surface area (Å²) in [6.45, 7) is 8.06. The molecule has 1 unspecified atom stereocenters. The van der Waals surface area contributed by atoms with Crippen LogP contribution < -0.4 is 4.90 Å². The van der Waals surface area contributed by atoms with E-state index in [1.807, 2.05) is 32.2 Å². The number of nitrogens with zero attached hydrogens (tertiary/aromatic N) is 6. The number of rotatable bonds is 3. The Morgan fingerprint density at radius 1 is 1.00 bits per heavy atom. The summed E-state index contributed by atoms with van der Waals surface area (Å²) < 4.78 is 23.0. The van der Waals surface area contributed by atoms with Crippen molar-refractivity contribution in [3.05, 3.63) is 41.5 Å². The molecule has 2 saturated heterocycles. The Hall–Kier alpha value is -3.00. The minimum absolute atomic E-state index is 0.283. The molecular formula is C25H29FN6O. The number of imidazole rings is 1. The molecule has 0 bridgehead atoms. The summed E-state index contributed by atoms with van der Waals surface area (Å²) in [7, 11) is 0. The fourth-order valence-electron chi connectivity index (χ4n) is 5.36. The molecule has 0 spiro atoms. The van der Waals surface area contributed by atoms with Gasteiger partial charge < -0.3 is 9.32 Å². The zero-order chi connectivity index (χ0) is 22.5. The number of hydrogen-bond donors (Lipinski definition) is 0. The third-order valence-corrected chi connectivity index (χ3v) is 7.04. The lowest BCUT2D eigenvalue weighted by molar-refractivity contribution is 0.146. The van der Waals surface area contributed by atoms with E-state index in [1.54, 1.807) is 4.52 Å². The summed E-state index contributed by atoms with van der Waals surface area (Å²) >= 11 is 0. The van der Waals surface area contributed by atoms with E-state index in [4.69, 9.17) is 4.42 Å². The van der Waals surface area contributed by atoms with Gasteiger partial charge in [0.05, 0.1) is 17.6 Å². The highest BCUT2D eigenvalue weighted by Gasteiger charge is 2.29. The van der Waals surface area contributed by atoms with Crippen molar-refractivity contribution in [2.24, 2.45) is 0 Å². The van der Waals surface area contributed by atoms with Crippen molar-refractivity contribution in [3.63, 3.8) is 0 Å². The maximum absolute atomic E-state index is 15.1. The van der Waals surface area contributed by atoms with Crippen LogP contribution in [-0.4, -0.2) is 56.7 Å². The van der Waals surface area contributed by atoms with Crippen LogP contribution >= 0.6 is 0 Å². The van der Waals surface area contributed by atoms with Crippen LogP contribution in [0.25, 0.3) is 28.0 Å². The van der Waals surface area contributed by atoms with Crippen LogP contribution in [0, 0.1) is 19.7 Å². The highest BCUT2D eigenvalue weighted by molar-refractivity contribution is 5.81. The summed E-state index contributed by atoms with van der Waals surface area (Å²) in [5.41, 5.74) is 4.79. The van der Waals surface area contributed by atoms with Crippen LogP contribution in [0.2, 0.25) is 0 Å². The average Bonchev–Trinajstić information content (AvgIpc) is 3.43. The van der Waals surface area contributed by atoms with Gasteiger partial charge in [0.25, 0.3) is 6.01 Å². The molecule has 2 aliphatic rings. The van der Waals surface area contributed by atoms with Gasteiger partial charge in [-0.3, -0.25) is 4.90 Å². The number of likely N-dealkylation sites (tertiary alicyclic amines) is 1. The van der Waals surface area contributed by atoms with E-state index in [0.717, 1.165) is 36.4 Å². The summed E-state index contributed by atoms with van der Waals surface area (Å²) in [6, 6.07) is 6.32. The monoisotopic (exact) mass is 448 g/mol. The van der Waals surface area contributed by atoms with Crippen molar-refractivity contribution < 1.29 is 8.81 Å². The lowest BCUT2D eigenvalue weighted by Gasteiger charge is -2.40. The minimum atomic E-state index is -0.386. The van der Waals surface area contributed by atoms with Gasteiger partial charge in [0.2, 0.25) is 0 Å². The number of hydrogen-bond acceptors (Lipinski definition) is 6. The summed E-state index contributed by atoms with van der Waals surface area (Å²) in [5.74, 6) is -0.386. The summed E-state index contributed by atoms with van der Waals surface area (Å²) in [6.07, 6.45) is 8.08. The van der Waals surface area contributed by atoms with Gasteiger partial charge in [0, 0.05) is 24.7 Å². The highest BCUT2D eigenvalue weighted by Crippen LogP contribution is 2.31. The van der Waals surface area contributed by atoms with Crippen molar-refractivity contribution in [1.29, 1.82) is 0 Å². The minimum Gasteiger partial charge on any atom is -0.423 e. The molecule has 1 aromatic carbocycles. The van der Waals surface area contributed by atoms with Crippen LogP contribution in [0.15, 0.2) is 28.8 Å². The van der Waals surface area contributed by atoms with Gasteiger partial charge in [-0.2, -0.15) is 10.1 Å². The molecule has 7 nitrogen and oxygen atoms in total. The third-order valence-electron chi connectivity index (χ3n) is 7.04. The van der Waals surface area contributed by atoms with E-state index in [0.29, 0.717) is 28.9 Å². The Morgan fingerprint density at radius 3 is 2.70 bits per heavy atom. The average molecular weight is 449 g/mol. The maximum atomic E-state index is 15.1. The first kappa shape index (κ1) is 20.6. The van der Waals surface area contributed by atoms with Crippen LogP contribution in [0.5, 0.6) is 0 Å². The first-order chi connectivity index (χ1) is 16.0. The number of fused-ring (bicyclic) bond motifs is 2. The zero-order valence-corrected chi connectivity index (χ0v) is 19.2. The Balaban J connectivity index is 1.32. The SMILES string of the molecule is Cc1cn2nc(-c3cc(F)c4nc(N5CCCC(N6CCCCC6)C5)oc4c3)cc(C)c2n1. The molecule has 8 heteroatoms. The number of aromatic nitrogens is 4. The number of halogens is 1. The number of piperidine rings is 2. The molecule has 4 aromatic rings. The van der Waals surface area contributed by atoms with Gasteiger partial charge in [-0.15, -0.1) is 0 Å². The van der Waals surface area contributed by atoms with E-state index < -0.39 is 0 Å². The number of anilines is 1. The smallest absolute Gasteiger partial charge is 0.298 e. The van der Waals surface area contributed by atoms with Crippen LogP contribution in [-0.2, 0) is 0 Å². The van der Waals surface area contributed by atoms with Gasteiger partial charge in [0.1, 0.15) is 5.52 Å². The standard InChI is InChI=1S/C25H29FN6O/c1-16-11-21(29-32-14-17(2)27-24(16)32)18-12-20(26)23-22(13-18)33-25(28-23)31-10-6-7-19(15-31)30-8-4-3-5-9-30/h11-14,19H,3-10,15H2,1-2H3. The normalized spacial score (nSPS) is 20.2. The molecule has 0 radical (unpaired) electrons. The zero-order valence-electron chi connectivity index (χ0n) is 19.2. The molecular weight excluding hydrogens is 419 g/mol. The molecule has 0 aliphatic carbocycles. The molecule has 0 saturated carbocycles. The molecule has 0 N–H and O–H groups in total. The van der Waals surface area contributed by atoms with Crippen LogP contribution in [0.3, 0.4) is 0 Å². The Kier molecular flexibility index (Phi) is 5.05. The molecule has 172 valence electrons. The van der Waals surface area contributed by atoms with Gasteiger partial charge in [0.15, 0.2) is 17.0 Å². The Labute approximate surface area is 192 Å². The summed E-state index contributed by atoms with van der Waals surface area (Å²) in [5, 5.41) is 4.64. The van der Waals surface area contributed by atoms with Crippen LogP contribution in [0.1, 0.15) is 43.4 Å². The van der Waals surface area contributed by atoms with E-state index in [-0.39, 0.29) is 11.3 Å². The van der Waals surface area contributed by atoms with E-state index in [2.05, 4.69) is 24.9 Å². The van der Waals surface area contributed by atoms with Crippen molar-refractivity contribution in [1.82, 2.24) is 24.5 Å². The lowest BCUT2D eigenvalue weighted by atomic mass is 10.0. The van der Waals surface area contributed by atoms with Crippen molar-refractivity contribution in [3.8, 4) is 11.3 Å². The maximum Gasteiger partial charge on any atom is 0.298 e. The molecule has 1 atom stereocenters. The van der Waals surface area contributed by atoms with Gasteiger partial charge in [-0.1, -0.05) is 6.42 Å². The molecule has 2 fully saturated rings. The predicted molar refractivity (Wildman–Crippen MR) is 126 cm³/mol. The van der Waals surface area contributed by atoms with E-state index >= 15 is 4.39 Å². The fraction of sp³-hybridized carbons (Fsp3) is 0.480. The quantitative estimate of drug-likeness (QED) is 0.451. The van der Waals surface area contributed by atoms with E-state index in [9.17, 15) is 0 Å². The topological polar surface area (TPSA) is 62.7 Å². The highest BCUT2D eigenvalue weighted by atomic mass is 19.1. The van der Waals surface area contributed by atoms with Crippen molar-refractivity contribution in [2.75, 3.05) is 31.1 Å². The van der Waals surface area contributed by atoms with Crippen molar-refractivity contribution in [2.45, 2.75) is 52.0 Å². The molecule has 33 heavy (non-hydrogen) atoms. The molecule has 5 heterocycles. The molecule has 2 aliphatic heterocycles. The first-order valence-corrected chi connectivity index (χ1v) is 12.0. The van der Waals surface area contributed by atoms with Gasteiger partial charge in [-0.25, -0.2) is 13.9 Å². The molecule has 6 rings (SSSR count). The molecule has 3 aromatic heterocycles. The Bertz CT molecular complexity index is 1320. The lowest BCUT2D eigenvalue weighted by Crippen LogP contribution is -2.49. The number of aryl methyl sites for hydroxylation is 2. The number of oxazole rings is 1. The number of benzene rings is 1. The van der Waals surface area contributed by atoms with Crippen LogP contribution in [0.4, 0.5) is 10.4 Å².